The Morgan fingerprint density at radius 1 is 0.236 bits per heavy atom. The Hall–Kier alpha value is -7.22. The van der Waals surface area contributed by atoms with E-state index in [4.69, 9.17) is 0 Å². The molecular weight excluding hydrogens is 663 g/mol. The minimum Gasteiger partial charge on any atom is -0.311 e. The lowest BCUT2D eigenvalue weighted by molar-refractivity contribution is 1.28. The van der Waals surface area contributed by atoms with Gasteiger partial charge in [-0.15, -0.1) is 0 Å². The summed E-state index contributed by atoms with van der Waals surface area (Å²) in [6, 6.07) is 81.3. The minimum atomic E-state index is 1.10. The minimum absolute atomic E-state index is 1.10. The summed E-state index contributed by atoms with van der Waals surface area (Å²) >= 11 is 0. The van der Waals surface area contributed by atoms with Crippen molar-refractivity contribution in [2.45, 2.75) is 0 Å². The normalized spacial score (nSPS) is 11.3. The van der Waals surface area contributed by atoms with E-state index in [2.05, 4.69) is 229 Å². The Kier molecular flexibility index (Phi) is 8.24. The summed E-state index contributed by atoms with van der Waals surface area (Å²) in [5.74, 6) is 0. The number of nitrogens with zero attached hydrogens (tertiary/aromatic N) is 1. The van der Waals surface area contributed by atoms with Crippen LogP contribution in [0.15, 0.2) is 224 Å². The number of anilines is 3. The molecule has 0 aliphatic rings. The van der Waals surface area contributed by atoms with Gasteiger partial charge in [0, 0.05) is 17.1 Å². The molecule has 0 bridgehead atoms. The third-order valence-electron chi connectivity index (χ3n) is 10.9. The molecule has 0 spiro atoms. The molecule has 55 heavy (non-hydrogen) atoms. The van der Waals surface area contributed by atoms with Crippen LogP contribution in [-0.4, -0.2) is 0 Å². The highest BCUT2D eigenvalue weighted by Gasteiger charge is 2.17. The van der Waals surface area contributed by atoms with Crippen LogP contribution < -0.4 is 4.90 Å². The van der Waals surface area contributed by atoms with Crippen LogP contribution in [0.5, 0.6) is 0 Å². The monoisotopic (exact) mass is 699 g/mol. The van der Waals surface area contributed by atoms with E-state index in [1.807, 2.05) is 0 Å². The molecule has 0 fully saturated rings. The van der Waals surface area contributed by atoms with Crippen molar-refractivity contribution >= 4 is 49.4 Å². The van der Waals surface area contributed by atoms with Gasteiger partial charge < -0.3 is 4.90 Å². The molecule has 0 atom stereocenters. The molecule has 0 saturated heterocycles. The topological polar surface area (TPSA) is 3.24 Å². The van der Waals surface area contributed by atoms with Crippen molar-refractivity contribution < 1.29 is 0 Å². The summed E-state index contributed by atoms with van der Waals surface area (Å²) in [6.45, 7) is 0. The highest BCUT2D eigenvalue weighted by atomic mass is 15.1. The first-order valence-corrected chi connectivity index (χ1v) is 18.9. The standard InChI is InChI=1S/C54H37N/c1-3-13-38(14-4-1)39-23-30-45(31-24-39)55(47-34-27-42(28-35-47)53-37-44-18-8-9-19-48(44)51-21-11-12-22-52(51)53)46-32-25-41(26-33-46)50-36-29-40-15-7-10-20-49(40)54(50)43-16-5-2-6-17-43/h1-37H. The molecule has 0 amide bonds. The van der Waals surface area contributed by atoms with Gasteiger partial charge in [0.2, 0.25) is 0 Å². The lowest BCUT2D eigenvalue weighted by Crippen LogP contribution is -2.09. The van der Waals surface area contributed by atoms with Crippen molar-refractivity contribution in [3.63, 3.8) is 0 Å². The van der Waals surface area contributed by atoms with Gasteiger partial charge in [-0.2, -0.15) is 0 Å². The molecule has 10 rings (SSSR count). The van der Waals surface area contributed by atoms with Crippen LogP contribution in [0, 0.1) is 0 Å². The molecule has 0 aliphatic heterocycles. The average molecular weight is 700 g/mol. The van der Waals surface area contributed by atoms with Gasteiger partial charge in [-0.25, -0.2) is 0 Å². The maximum atomic E-state index is 2.36. The van der Waals surface area contributed by atoms with Crippen LogP contribution >= 0.6 is 0 Å². The van der Waals surface area contributed by atoms with Crippen LogP contribution in [0.3, 0.4) is 0 Å². The Morgan fingerprint density at radius 3 is 1.29 bits per heavy atom. The first kappa shape index (κ1) is 32.4. The fourth-order valence-electron chi connectivity index (χ4n) is 8.18. The zero-order valence-corrected chi connectivity index (χ0v) is 30.3. The first-order chi connectivity index (χ1) is 27.3. The van der Waals surface area contributed by atoms with Gasteiger partial charge in [0.1, 0.15) is 0 Å². The molecule has 0 aromatic heterocycles. The van der Waals surface area contributed by atoms with E-state index >= 15 is 0 Å². The molecule has 0 heterocycles. The molecule has 10 aromatic rings. The fourth-order valence-corrected chi connectivity index (χ4v) is 8.18. The third kappa shape index (κ3) is 6.02. The zero-order chi connectivity index (χ0) is 36.6. The van der Waals surface area contributed by atoms with Crippen LogP contribution in [0.25, 0.3) is 76.8 Å². The Bertz CT molecular complexity index is 2930. The Labute approximate surface area is 322 Å². The molecule has 0 N–H and O–H groups in total. The predicted octanol–water partition coefficient (Wildman–Crippen LogP) is 15.3. The number of benzene rings is 10. The zero-order valence-electron chi connectivity index (χ0n) is 30.3. The lowest BCUT2D eigenvalue weighted by atomic mass is 9.90. The average Bonchev–Trinajstić information content (AvgIpc) is 3.27. The largest absolute Gasteiger partial charge is 0.311 e. The highest BCUT2D eigenvalue weighted by Crippen LogP contribution is 2.42. The van der Waals surface area contributed by atoms with Crippen molar-refractivity contribution in [3.8, 4) is 44.5 Å². The highest BCUT2D eigenvalue weighted by molar-refractivity contribution is 6.13. The van der Waals surface area contributed by atoms with E-state index in [1.165, 1.54) is 76.8 Å². The quantitative estimate of drug-likeness (QED) is 0.150. The second-order valence-electron chi connectivity index (χ2n) is 14.1. The van der Waals surface area contributed by atoms with E-state index in [1.54, 1.807) is 0 Å². The molecule has 0 unspecified atom stereocenters. The number of hydrogen-bond donors (Lipinski definition) is 0. The van der Waals surface area contributed by atoms with Crippen molar-refractivity contribution in [2.75, 3.05) is 4.90 Å². The van der Waals surface area contributed by atoms with Gasteiger partial charge in [0.25, 0.3) is 0 Å². The SMILES string of the molecule is c1ccc(-c2ccc(N(c3ccc(-c4ccc5ccccc5c4-c4ccccc4)cc3)c3ccc(-c4cc5ccccc5c5ccccc45)cc3)cc2)cc1. The molecular formula is C54H37N. The van der Waals surface area contributed by atoms with Crippen LogP contribution in [-0.2, 0) is 0 Å². The molecule has 10 aromatic carbocycles. The molecule has 1 nitrogen and oxygen atoms in total. The number of hydrogen-bond acceptors (Lipinski definition) is 1. The maximum Gasteiger partial charge on any atom is 0.0462 e. The van der Waals surface area contributed by atoms with Crippen molar-refractivity contribution in [3.05, 3.63) is 224 Å². The first-order valence-electron chi connectivity index (χ1n) is 18.9. The van der Waals surface area contributed by atoms with Crippen LogP contribution in [0.1, 0.15) is 0 Å². The van der Waals surface area contributed by atoms with E-state index < -0.39 is 0 Å². The fraction of sp³-hybridized carbons (Fsp3) is 0. The van der Waals surface area contributed by atoms with Crippen LogP contribution in [0.4, 0.5) is 17.1 Å². The molecule has 0 saturated carbocycles. The smallest absolute Gasteiger partial charge is 0.0462 e. The summed E-state index contributed by atoms with van der Waals surface area (Å²) in [6.07, 6.45) is 0. The summed E-state index contributed by atoms with van der Waals surface area (Å²) in [5, 5.41) is 7.58. The summed E-state index contributed by atoms with van der Waals surface area (Å²) < 4.78 is 0. The molecule has 0 aliphatic carbocycles. The summed E-state index contributed by atoms with van der Waals surface area (Å²) in [7, 11) is 0. The van der Waals surface area contributed by atoms with Gasteiger partial charge in [-0.3, -0.25) is 0 Å². The molecule has 258 valence electrons. The van der Waals surface area contributed by atoms with E-state index in [0.29, 0.717) is 0 Å². The number of rotatable bonds is 7. The van der Waals surface area contributed by atoms with Gasteiger partial charge in [0.05, 0.1) is 0 Å². The van der Waals surface area contributed by atoms with E-state index in [0.717, 1.165) is 17.1 Å². The van der Waals surface area contributed by atoms with Gasteiger partial charge in [-0.1, -0.05) is 182 Å². The van der Waals surface area contributed by atoms with Crippen molar-refractivity contribution in [2.24, 2.45) is 0 Å². The summed E-state index contributed by atoms with van der Waals surface area (Å²) in [4.78, 5) is 2.36. The Balaban J connectivity index is 1.08. The lowest BCUT2D eigenvalue weighted by Gasteiger charge is -2.26. The second kappa shape index (κ2) is 14.0. The van der Waals surface area contributed by atoms with Crippen molar-refractivity contribution in [1.29, 1.82) is 0 Å². The van der Waals surface area contributed by atoms with Crippen molar-refractivity contribution in [1.82, 2.24) is 0 Å². The van der Waals surface area contributed by atoms with Gasteiger partial charge in [-0.05, 0) is 119 Å². The molecule has 0 radical (unpaired) electrons. The van der Waals surface area contributed by atoms with Crippen LogP contribution in [0.2, 0.25) is 0 Å². The Morgan fingerprint density at radius 2 is 0.673 bits per heavy atom. The third-order valence-corrected chi connectivity index (χ3v) is 10.9. The molecule has 1 heteroatoms. The summed E-state index contributed by atoms with van der Waals surface area (Å²) in [5.41, 5.74) is 13.0. The van der Waals surface area contributed by atoms with E-state index in [9.17, 15) is 0 Å². The second-order valence-corrected chi connectivity index (χ2v) is 14.1. The van der Waals surface area contributed by atoms with Gasteiger partial charge in [0.15, 0.2) is 0 Å². The maximum absolute atomic E-state index is 2.36. The van der Waals surface area contributed by atoms with E-state index in [-0.39, 0.29) is 0 Å². The van der Waals surface area contributed by atoms with Gasteiger partial charge >= 0.3 is 0 Å². The predicted molar refractivity (Wildman–Crippen MR) is 235 cm³/mol. The number of fused-ring (bicyclic) bond motifs is 4.